The first-order valence-electron chi connectivity index (χ1n) is 15.4. The number of fused-ring (bicyclic) bond motifs is 7. The van der Waals surface area contributed by atoms with Crippen molar-refractivity contribution in [2.24, 2.45) is 0 Å². The lowest BCUT2D eigenvalue weighted by Gasteiger charge is -2.46. The topological polar surface area (TPSA) is 12.9 Å². The number of hydrogen-bond acceptors (Lipinski definition) is 1. The number of pyridine rings is 1. The lowest BCUT2D eigenvalue weighted by molar-refractivity contribution is 1.40. The molecule has 0 atom stereocenters. The average Bonchev–Trinajstić information content (AvgIpc) is 3.03. The highest BCUT2D eigenvalue weighted by Gasteiger charge is 2.49. The molecule has 4 heteroatoms. The molecule has 7 aromatic rings. The van der Waals surface area contributed by atoms with Crippen LogP contribution in [0.15, 0.2) is 121 Å². The van der Waals surface area contributed by atoms with Gasteiger partial charge in [0.1, 0.15) is 16.1 Å². The number of benzene rings is 6. The van der Waals surface area contributed by atoms with E-state index < -0.39 is 16.1 Å². The summed E-state index contributed by atoms with van der Waals surface area (Å²) in [6.07, 6.45) is 0. The quantitative estimate of drug-likeness (QED) is 0.249. The molecule has 0 unspecified atom stereocenters. The summed E-state index contributed by atoms with van der Waals surface area (Å²) in [5.41, 5.74) is 8.09. The van der Waals surface area contributed by atoms with Gasteiger partial charge in [-0.05, 0) is 39.2 Å². The maximum Gasteiger partial charge on any atom is 0.240 e. The van der Waals surface area contributed by atoms with Crippen molar-refractivity contribution in [2.75, 3.05) is 0 Å². The third-order valence-corrected chi connectivity index (χ3v) is 17.6. The minimum Gasteiger partial charge on any atom is -0.248 e. The molecule has 2 aliphatic heterocycles. The van der Waals surface area contributed by atoms with E-state index >= 15 is 0 Å². The van der Waals surface area contributed by atoms with Crippen molar-refractivity contribution in [1.82, 2.24) is 4.98 Å². The van der Waals surface area contributed by atoms with Crippen LogP contribution < -0.4 is 37.1 Å². The van der Waals surface area contributed by atoms with Crippen molar-refractivity contribution in [1.29, 1.82) is 0 Å². The molecule has 3 heterocycles. The summed E-state index contributed by atoms with van der Waals surface area (Å²) in [6, 6.07) is 46.1. The van der Waals surface area contributed by atoms with Crippen molar-refractivity contribution < 1.29 is 0 Å². The lowest BCUT2D eigenvalue weighted by atomic mass is 9.36. The Bertz CT molecular complexity index is 2200. The minimum atomic E-state index is -2.07. The number of para-hydroxylation sites is 1. The van der Waals surface area contributed by atoms with E-state index in [0.717, 1.165) is 11.2 Å². The van der Waals surface area contributed by atoms with E-state index in [2.05, 4.69) is 148 Å². The predicted octanol–water partition coefficient (Wildman–Crippen LogP) is 5.00. The van der Waals surface area contributed by atoms with E-state index in [4.69, 9.17) is 4.98 Å². The van der Waals surface area contributed by atoms with E-state index in [1.165, 1.54) is 43.4 Å². The third-order valence-electron chi connectivity index (χ3n) is 10.5. The summed E-state index contributed by atoms with van der Waals surface area (Å²) >= 11 is 0. The van der Waals surface area contributed by atoms with Crippen molar-refractivity contribution in [3.05, 3.63) is 121 Å². The molecule has 9 rings (SSSR count). The summed E-state index contributed by atoms with van der Waals surface area (Å²) < 4.78 is 0. The zero-order valence-electron chi connectivity index (χ0n) is 25.1. The van der Waals surface area contributed by atoms with Crippen LogP contribution in [0.3, 0.4) is 0 Å². The van der Waals surface area contributed by atoms with Gasteiger partial charge in [0.2, 0.25) is 6.71 Å². The molecule has 43 heavy (non-hydrogen) atoms. The fourth-order valence-corrected chi connectivity index (χ4v) is 14.8. The van der Waals surface area contributed by atoms with Gasteiger partial charge < -0.3 is 0 Å². The van der Waals surface area contributed by atoms with Gasteiger partial charge in [0, 0.05) is 5.39 Å². The van der Waals surface area contributed by atoms with E-state index in [0.29, 0.717) is 0 Å². The molecule has 0 spiro atoms. The van der Waals surface area contributed by atoms with Gasteiger partial charge in [0.05, 0.1) is 11.2 Å². The minimum absolute atomic E-state index is 0.254. The Hall–Kier alpha value is -4.25. The molecule has 2 aliphatic rings. The van der Waals surface area contributed by atoms with Crippen LogP contribution in [0.2, 0.25) is 26.2 Å². The molecule has 0 saturated carbocycles. The van der Waals surface area contributed by atoms with Gasteiger partial charge in [-0.15, -0.1) is 0 Å². The standard InChI is InChI=1S/C39H32BNSi2/c1-42(2)35-21-28-14-7-5-12-26(28)19-31(35)40-32-20-27-13-6-8-15-29(27)22-36(32)43(3,4)38-24-30(23-37(42)39(38)40)34-18-17-25-11-9-10-16-33(25)41-34/h5-24H,1-4H3. The zero-order chi connectivity index (χ0) is 29.1. The highest BCUT2D eigenvalue weighted by molar-refractivity contribution is 7.21. The monoisotopic (exact) mass is 581 g/mol. The summed E-state index contributed by atoms with van der Waals surface area (Å²) in [7, 11) is -4.13. The fraction of sp³-hybridized carbons (Fsp3) is 0.103. The molecule has 0 amide bonds. The van der Waals surface area contributed by atoms with Crippen molar-refractivity contribution in [3.63, 3.8) is 0 Å². The number of hydrogen-bond donors (Lipinski definition) is 0. The van der Waals surface area contributed by atoms with E-state index in [1.54, 1.807) is 26.2 Å². The SMILES string of the molecule is C[Si]1(C)c2cc3ccccc3cc2B2c3cc4ccccc4cc3[Si](C)(C)c3cc(-c4ccc5ccccc5n4)cc1c32. The van der Waals surface area contributed by atoms with Gasteiger partial charge in [0.25, 0.3) is 0 Å². The Kier molecular flexibility index (Phi) is 5.09. The van der Waals surface area contributed by atoms with Crippen molar-refractivity contribution in [2.45, 2.75) is 26.2 Å². The van der Waals surface area contributed by atoms with Gasteiger partial charge in [-0.25, -0.2) is 4.98 Å². The number of aromatic nitrogens is 1. The maximum absolute atomic E-state index is 5.20. The molecule has 6 aromatic carbocycles. The number of nitrogens with zero attached hydrogens (tertiary/aromatic N) is 1. The van der Waals surface area contributed by atoms with E-state index in [1.807, 2.05) is 0 Å². The van der Waals surface area contributed by atoms with Crippen LogP contribution in [0.4, 0.5) is 0 Å². The highest BCUT2D eigenvalue weighted by atomic mass is 28.3. The van der Waals surface area contributed by atoms with Crippen LogP contribution in [-0.4, -0.2) is 27.8 Å². The molecule has 0 bridgehead atoms. The highest BCUT2D eigenvalue weighted by Crippen LogP contribution is 2.25. The normalized spacial score (nSPS) is 15.8. The Morgan fingerprint density at radius 1 is 0.465 bits per heavy atom. The molecular formula is C39H32BNSi2. The molecule has 0 N–H and O–H groups in total. The van der Waals surface area contributed by atoms with Crippen LogP contribution >= 0.6 is 0 Å². The second kappa shape index (κ2) is 8.65. The summed E-state index contributed by atoms with van der Waals surface area (Å²) in [4.78, 5) is 5.20. The first-order valence-corrected chi connectivity index (χ1v) is 21.4. The first kappa shape index (κ1) is 25.3. The molecule has 0 saturated heterocycles. The second-order valence-corrected chi connectivity index (χ2v) is 22.3. The van der Waals surface area contributed by atoms with Gasteiger partial charge in [0.15, 0.2) is 0 Å². The molecule has 204 valence electrons. The van der Waals surface area contributed by atoms with E-state index in [9.17, 15) is 0 Å². The molecule has 1 nitrogen and oxygen atoms in total. The Labute approximate surface area is 255 Å². The summed E-state index contributed by atoms with van der Waals surface area (Å²) in [5, 5.41) is 12.9. The summed E-state index contributed by atoms with van der Waals surface area (Å²) in [5.74, 6) is 0. The fourth-order valence-electron chi connectivity index (χ4n) is 8.22. The lowest BCUT2D eigenvalue weighted by Crippen LogP contribution is -2.86. The van der Waals surface area contributed by atoms with Gasteiger partial charge in [-0.2, -0.15) is 0 Å². The largest absolute Gasteiger partial charge is 0.248 e. The van der Waals surface area contributed by atoms with Crippen LogP contribution in [-0.2, 0) is 0 Å². The summed E-state index contributed by atoms with van der Waals surface area (Å²) in [6.45, 7) is 10.6. The average molecular weight is 582 g/mol. The molecular weight excluding hydrogens is 549 g/mol. The molecule has 0 radical (unpaired) electrons. The number of rotatable bonds is 1. The third kappa shape index (κ3) is 3.48. The molecule has 0 aliphatic carbocycles. The second-order valence-electron chi connectivity index (χ2n) is 13.6. The van der Waals surface area contributed by atoms with E-state index in [-0.39, 0.29) is 6.71 Å². The van der Waals surface area contributed by atoms with Crippen LogP contribution in [0, 0.1) is 0 Å². The first-order chi connectivity index (χ1) is 20.8. The van der Waals surface area contributed by atoms with Crippen molar-refractivity contribution in [3.8, 4) is 11.3 Å². The zero-order valence-corrected chi connectivity index (χ0v) is 27.1. The Morgan fingerprint density at radius 3 is 1.47 bits per heavy atom. The van der Waals surface area contributed by atoms with Crippen molar-refractivity contribution >= 4 is 92.4 Å². The molecule has 0 fully saturated rings. The Morgan fingerprint density at radius 2 is 0.930 bits per heavy atom. The van der Waals surface area contributed by atoms with Crippen LogP contribution in [0.25, 0.3) is 43.7 Å². The van der Waals surface area contributed by atoms with Gasteiger partial charge >= 0.3 is 0 Å². The smallest absolute Gasteiger partial charge is 0.240 e. The van der Waals surface area contributed by atoms with Gasteiger partial charge in [-0.3, -0.25) is 0 Å². The van der Waals surface area contributed by atoms with Crippen LogP contribution in [0.1, 0.15) is 0 Å². The Balaban J connectivity index is 1.41. The van der Waals surface area contributed by atoms with Crippen LogP contribution in [0.5, 0.6) is 0 Å². The van der Waals surface area contributed by atoms with Gasteiger partial charge in [-0.1, -0.05) is 173 Å². The predicted molar refractivity (Wildman–Crippen MR) is 193 cm³/mol. The molecule has 1 aromatic heterocycles. The maximum atomic E-state index is 5.20.